The van der Waals surface area contributed by atoms with Crippen LogP contribution < -0.4 is 5.46 Å². The van der Waals surface area contributed by atoms with E-state index in [0.717, 1.165) is 11.0 Å². The van der Waals surface area contributed by atoms with E-state index >= 15 is 0 Å². The summed E-state index contributed by atoms with van der Waals surface area (Å²) in [4.78, 5) is 0. The van der Waals surface area contributed by atoms with E-state index in [4.69, 9.17) is 32.5 Å². The van der Waals surface area contributed by atoms with Crippen LogP contribution in [0.3, 0.4) is 0 Å². The van der Waals surface area contributed by atoms with Crippen molar-refractivity contribution in [2.75, 3.05) is 0 Å². The SMILES string of the molecule is CC1(C)OB(c2cnn(Cc3cc(Cl)ccc3Cl)c2)OC1(C)C. The summed E-state index contributed by atoms with van der Waals surface area (Å²) in [7, 11) is -0.413. The molecule has 0 aliphatic carbocycles. The largest absolute Gasteiger partial charge is 0.498 e. The Hall–Kier alpha value is -1.01. The number of hydrogen-bond acceptors (Lipinski definition) is 3. The third kappa shape index (κ3) is 3.29. The molecule has 7 heteroatoms. The summed E-state index contributed by atoms with van der Waals surface area (Å²) < 4.78 is 13.9. The van der Waals surface area contributed by atoms with Gasteiger partial charge in [0.2, 0.25) is 0 Å². The van der Waals surface area contributed by atoms with E-state index in [9.17, 15) is 0 Å². The van der Waals surface area contributed by atoms with Gasteiger partial charge in [-0.05, 0) is 51.5 Å². The van der Waals surface area contributed by atoms with Crippen molar-refractivity contribution in [3.63, 3.8) is 0 Å². The molecule has 0 saturated carbocycles. The highest BCUT2D eigenvalue weighted by molar-refractivity contribution is 6.62. The minimum atomic E-state index is -0.413. The van der Waals surface area contributed by atoms with Crippen molar-refractivity contribution in [1.29, 1.82) is 0 Å². The van der Waals surface area contributed by atoms with Crippen LogP contribution in [-0.4, -0.2) is 28.1 Å². The van der Waals surface area contributed by atoms with Gasteiger partial charge >= 0.3 is 7.12 Å². The topological polar surface area (TPSA) is 36.3 Å². The summed E-state index contributed by atoms with van der Waals surface area (Å²) in [6.07, 6.45) is 3.68. The van der Waals surface area contributed by atoms with Crippen LogP contribution in [0.2, 0.25) is 10.0 Å². The Balaban J connectivity index is 1.78. The molecule has 3 rings (SSSR count). The zero-order valence-electron chi connectivity index (χ0n) is 13.6. The number of hydrogen-bond donors (Lipinski definition) is 0. The molecular formula is C16H19BCl2N2O2. The van der Waals surface area contributed by atoms with Gasteiger partial charge in [-0.15, -0.1) is 0 Å². The molecule has 0 radical (unpaired) electrons. The van der Waals surface area contributed by atoms with Crippen molar-refractivity contribution in [2.24, 2.45) is 0 Å². The van der Waals surface area contributed by atoms with E-state index in [1.165, 1.54) is 0 Å². The van der Waals surface area contributed by atoms with Gasteiger partial charge in [-0.2, -0.15) is 5.10 Å². The van der Waals surface area contributed by atoms with Crippen LogP contribution in [-0.2, 0) is 15.9 Å². The van der Waals surface area contributed by atoms with Crippen LogP contribution >= 0.6 is 23.2 Å². The molecule has 1 aromatic carbocycles. The fraction of sp³-hybridized carbons (Fsp3) is 0.438. The third-order valence-corrected chi connectivity index (χ3v) is 5.12. The van der Waals surface area contributed by atoms with Crippen molar-refractivity contribution in [2.45, 2.75) is 45.4 Å². The highest BCUT2D eigenvalue weighted by Gasteiger charge is 2.52. The van der Waals surface area contributed by atoms with Gasteiger partial charge < -0.3 is 9.31 Å². The molecule has 4 nitrogen and oxygen atoms in total. The first-order chi connectivity index (χ1) is 10.7. The van der Waals surface area contributed by atoms with Gasteiger partial charge in [0.05, 0.1) is 17.7 Å². The van der Waals surface area contributed by atoms with Crippen LogP contribution in [0.1, 0.15) is 33.3 Å². The van der Waals surface area contributed by atoms with E-state index in [-0.39, 0.29) is 11.2 Å². The number of nitrogens with zero attached hydrogens (tertiary/aromatic N) is 2. The second-order valence-electron chi connectivity index (χ2n) is 6.80. The first kappa shape index (κ1) is 16.8. The van der Waals surface area contributed by atoms with Gasteiger partial charge in [-0.3, -0.25) is 4.68 Å². The van der Waals surface area contributed by atoms with E-state index in [2.05, 4.69) is 5.10 Å². The molecule has 0 unspecified atom stereocenters. The van der Waals surface area contributed by atoms with Gasteiger partial charge in [0, 0.05) is 27.9 Å². The lowest BCUT2D eigenvalue weighted by Gasteiger charge is -2.32. The highest BCUT2D eigenvalue weighted by atomic mass is 35.5. The Morgan fingerprint density at radius 1 is 1.13 bits per heavy atom. The van der Waals surface area contributed by atoms with Gasteiger partial charge in [0.1, 0.15) is 0 Å². The van der Waals surface area contributed by atoms with Crippen LogP contribution in [0.4, 0.5) is 0 Å². The van der Waals surface area contributed by atoms with Crippen molar-refractivity contribution in [3.05, 3.63) is 46.2 Å². The monoisotopic (exact) mass is 352 g/mol. The van der Waals surface area contributed by atoms with Crippen molar-refractivity contribution < 1.29 is 9.31 Å². The summed E-state index contributed by atoms with van der Waals surface area (Å²) in [6.45, 7) is 8.66. The number of halogens is 2. The standard InChI is InChI=1S/C16H19BCl2N2O2/c1-15(2)16(3,4)23-17(22-15)12-8-20-21(10-12)9-11-7-13(18)5-6-14(11)19/h5-8,10H,9H2,1-4H3. The average Bonchev–Trinajstić information content (AvgIpc) is 2.97. The summed E-state index contributed by atoms with van der Waals surface area (Å²) in [5, 5.41) is 5.70. The lowest BCUT2D eigenvalue weighted by atomic mass is 9.82. The smallest absolute Gasteiger partial charge is 0.399 e. The Morgan fingerprint density at radius 2 is 1.78 bits per heavy atom. The van der Waals surface area contributed by atoms with Crippen molar-refractivity contribution in [1.82, 2.24) is 9.78 Å². The number of rotatable bonds is 3. The molecular weight excluding hydrogens is 334 g/mol. The summed E-state index contributed by atoms with van der Waals surface area (Å²) >= 11 is 12.2. The number of aromatic nitrogens is 2. The maximum absolute atomic E-state index is 6.21. The Morgan fingerprint density at radius 3 is 2.43 bits per heavy atom. The van der Waals surface area contributed by atoms with Crippen molar-refractivity contribution >= 4 is 35.8 Å². The van der Waals surface area contributed by atoms with Crippen LogP contribution in [0.5, 0.6) is 0 Å². The van der Waals surface area contributed by atoms with E-state index in [1.54, 1.807) is 23.0 Å². The minimum absolute atomic E-state index is 0.365. The predicted molar refractivity (Wildman–Crippen MR) is 93.5 cm³/mol. The number of benzene rings is 1. The molecule has 1 aromatic heterocycles. The highest BCUT2D eigenvalue weighted by Crippen LogP contribution is 2.36. The van der Waals surface area contributed by atoms with Crippen LogP contribution in [0.25, 0.3) is 0 Å². The molecule has 0 atom stereocenters. The maximum atomic E-state index is 6.21. The quantitative estimate of drug-likeness (QED) is 0.792. The molecule has 1 fully saturated rings. The summed E-state index contributed by atoms with van der Waals surface area (Å²) in [5.74, 6) is 0. The normalized spacial score (nSPS) is 19.3. The molecule has 1 aliphatic heterocycles. The van der Waals surface area contributed by atoms with E-state index in [1.807, 2.05) is 40.0 Å². The first-order valence-corrected chi connectivity index (χ1v) is 8.25. The van der Waals surface area contributed by atoms with Gasteiger partial charge in [-0.25, -0.2) is 0 Å². The fourth-order valence-corrected chi connectivity index (χ4v) is 2.78. The average molecular weight is 353 g/mol. The molecule has 2 heterocycles. The van der Waals surface area contributed by atoms with Gasteiger partial charge in [-0.1, -0.05) is 23.2 Å². The lowest BCUT2D eigenvalue weighted by Crippen LogP contribution is -2.41. The molecule has 23 heavy (non-hydrogen) atoms. The van der Waals surface area contributed by atoms with E-state index in [0.29, 0.717) is 16.6 Å². The molecule has 122 valence electrons. The maximum Gasteiger partial charge on any atom is 0.498 e. The Kier molecular flexibility index (Phi) is 4.26. The van der Waals surface area contributed by atoms with Crippen LogP contribution in [0.15, 0.2) is 30.6 Å². The summed E-state index contributed by atoms with van der Waals surface area (Å²) in [6, 6.07) is 5.41. The molecule has 1 saturated heterocycles. The molecule has 1 aliphatic rings. The third-order valence-electron chi connectivity index (χ3n) is 4.52. The minimum Gasteiger partial charge on any atom is -0.399 e. The second kappa shape index (κ2) is 5.81. The molecule has 0 spiro atoms. The second-order valence-corrected chi connectivity index (χ2v) is 7.64. The molecule has 0 bridgehead atoms. The fourth-order valence-electron chi connectivity index (χ4n) is 2.41. The zero-order valence-corrected chi connectivity index (χ0v) is 15.1. The van der Waals surface area contributed by atoms with Crippen molar-refractivity contribution in [3.8, 4) is 0 Å². The predicted octanol–water partition coefficient (Wildman–Crippen LogP) is 3.54. The molecule has 0 amide bonds. The Bertz CT molecular complexity index is 715. The first-order valence-electron chi connectivity index (χ1n) is 7.50. The lowest BCUT2D eigenvalue weighted by molar-refractivity contribution is 0.00578. The zero-order chi connectivity index (χ0) is 16.8. The van der Waals surface area contributed by atoms with E-state index < -0.39 is 7.12 Å². The molecule has 2 aromatic rings. The molecule has 0 N–H and O–H groups in total. The Labute approximate surface area is 146 Å². The van der Waals surface area contributed by atoms with Gasteiger partial charge in [0.25, 0.3) is 0 Å². The summed E-state index contributed by atoms with van der Waals surface area (Å²) in [5.41, 5.74) is 1.08. The van der Waals surface area contributed by atoms with Gasteiger partial charge in [0.15, 0.2) is 0 Å². The van der Waals surface area contributed by atoms with Crippen LogP contribution in [0, 0.1) is 0 Å².